The van der Waals surface area contributed by atoms with Gasteiger partial charge < -0.3 is 46.4 Å². The van der Waals surface area contributed by atoms with Crippen LogP contribution in [0.2, 0.25) is 0 Å². The fraction of sp³-hybridized carbons (Fsp3) is 0. The van der Waals surface area contributed by atoms with Crippen LogP contribution in [0.5, 0.6) is 0 Å². The summed E-state index contributed by atoms with van der Waals surface area (Å²) in [6.45, 7) is 0. The van der Waals surface area contributed by atoms with E-state index in [1.807, 2.05) is 0 Å². The van der Waals surface area contributed by atoms with E-state index in [4.69, 9.17) is 63.5 Å². The molecule has 0 spiro atoms. The summed E-state index contributed by atoms with van der Waals surface area (Å²) in [5.74, 6) is 0. The lowest BCUT2D eigenvalue weighted by molar-refractivity contribution is -0.742. The van der Waals surface area contributed by atoms with Gasteiger partial charge in [0.05, 0.1) is 0 Å². The van der Waals surface area contributed by atoms with Crippen LogP contribution < -0.4 is 30.8 Å². The summed E-state index contributed by atoms with van der Waals surface area (Å²) in [7, 11) is -4.67. The maximum absolute atomic E-state index is 8.74. The fourth-order valence-corrected chi connectivity index (χ4v) is 0. The zero-order valence-electron chi connectivity index (χ0n) is 10.8. The summed E-state index contributed by atoms with van der Waals surface area (Å²) in [6.07, 6.45) is 0. The summed E-state index contributed by atoms with van der Waals surface area (Å²) in [5.41, 5.74) is 0. The molecule has 0 aromatic heterocycles. The molecular formula is H20N8O13S. The number of rotatable bonds is 0. The Labute approximate surface area is 121 Å². The zero-order valence-corrected chi connectivity index (χ0v) is 11.6. The highest BCUT2D eigenvalue weighted by molar-refractivity contribution is 7.79. The summed E-state index contributed by atoms with van der Waals surface area (Å²) >= 11 is 0. The molecule has 0 fully saturated rings. The molecule has 0 saturated carbocycles. The minimum Gasteiger partial charge on any atom is -0.344 e. The Kier molecular flexibility index (Phi) is 100. The smallest absolute Gasteiger partial charge is 0.344 e. The maximum atomic E-state index is 8.74. The van der Waals surface area contributed by atoms with Gasteiger partial charge in [0, 0.05) is 0 Å². The molecule has 22 heavy (non-hydrogen) atoms. The molecule has 20 N–H and O–H groups in total. The lowest BCUT2D eigenvalue weighted by atomic mass is 13.1. The lowest BCUT2D eigenvalue weighted by Gasteiger charge is -1.68. The van der Waals surface area contributed by atoms with Crippen LogP contribution in [0.1, 0.15) is 0 Å². The molecular weight excluding hydrogens is 352 g/mol. The van der Waals surface area contributed by atoms with Crippen molar-refractivity contribution >= 4 is 10.4 Å². The van der Waals surface area contributed by atoms with Crippen LogP contribution in [0.25, 0.3) is 0 Å². The topological polar surface area (TPSA) is 440 Å². The summed E-state index contributed by atoms with van der Waals surface area (Å²) in [5, 5.41) is 40.9. The standard InChI is InChI=1S/3HNO3.5H3N.H2O4S/c3*2-1(3)4;;;;;;1-5(2,3)4/h3*(H,2,3,4);5*1H3;(H2,1,2,3,4). The van der Waals surface area contributed by atoms with Crippen molar-refractivity contribution in [3.05, 3.63) is 30.3 Å². The molecule has 0 rings (SSSR count). The Morgan fingerprint density at radius 2 is 0.591 bits per heavy atom. The van der Waals surface area contributed by atoms with Crippen molar-refractivity contribution in [2.24, 2.45) is 0 Å². The summed E-state index contributed by atoms with van der Waals surface area (Å²) in [4.78, 5) is 25.1. The monoisotopic (exact) mass is 372 g/mol. The minimum atomic E-state index is -4.67. The molecule has 22 heteroatoms. The maximum Gasteiger partial charge on any atom is 0.394 e. The second kappa shape index (κ2) is 36.2. The van der Waals surface area contributed by atoms with Gasteiger partial charge in [-0.3, -0.25) is 9.11 Å². The minimum absolute atomic E-state index is 0. The van der Waals surface area contributed by atoms with E-state index in [0.717, 1.165) is 0 Å². The van der Waals surface area contributed by atoms with Gasteiger partial charge >= 0.3 is 10.4 Å². The summed E-state index contributed by atoms with van der Waals surface area (Å²) < 4.78 is 31.6. The molecule has 0 aromatic rings. The van der Waals surface area contributed by atoms with Gasteiger partial charge in [-0.25, -0.2) is 0 Å². The van der Waals surface area contributed by atoms with Gasteiger partial charge in [0.25, 0.3) is 15.3 Å². The first-order valence-electron chi connectivity index (χ1n) is 2.39. The van der Waals surface area contributed by atoms with Crippen LogP contribution in [0, 0.1) is 30.3 Å². The highest BCUT2D eigenvalue weighted by atomic mass is 32.3. The third-order valence-corrected chi connectivity index (χ3v) is 0. The van der Waals surface area contributed by atoms with Crippen LogP contribution in [0.3, 0.4) is 0 Å². The number of hydrogen-bond acceptors (Lipinski definition) is 13. The number of hydrogen-bond donors (Lipinski definition) is 10. The van der Waals surface area contributed by atoms with E-state index in [0.29, 0.717) is 0 Å². The van der Waals surface area contributed by atoms with Crippen molar-refractivity contribution in [2.45, 2.75) is 0 Å². The molecule has 0 aliphatic rings. The molecule has 0 aliphatic carbocycles. The predicted molar refractivity (Wildman–Crippen MR) is 65.6 cm³/mol. The van der Waals surface area contributed by atoms with E-state index in [-0.39, 0.29) is 30.8 Å². The highest BCUT2D eigenvalue weighted by Crippen LogP contribution is 1.59. The van der Waals surface area contributed by atoms with Crippen molar-refractivity contribution in [3.63, 3.8) is 0 Å². The first kappa shape index (κ1) is 61.0. The largest absolute Gasteiger partial charge is 0.394 e. The second-order valence-electron chi connectivity index (χ2n) is 1.16. The zero-order chi connectivity index (χ0) is 15.2. The Morgan fingerprint density at radius 1 is 0.591 bits per heavy atom. The fourth-order valence-electron chi connectivity index (χ4n) is 0. The Morgan fingerprint density at radius 3 is 0.591 bits per heavy atom. The third-order valence-electron chi connectivity index (χ3n) is 0. The molecule has 0 bridgehead atoms. The SMILES string of the molecule is N.N.N.N.N.O=S(=O)(O)O.O=[N+]([O-])O.O=[N+]([O-])O.O=[N+]([O-])O. The molecule has 0 heterocycles. The first-order valence-corrected chi connectivity index (χ1v) is 3.79. The van der Waals surface area contributed by atoms with E-state index < -0.39 is 25.7 Å². The molecule has 144 valence electrons. The van der Waals surface area contributed by atoms with Gasteiger partial charge in [-0.1, -0.05) is 0 Å². The molecule has 0 atom stereocenters. The molecule has 0 aromatic carbocycles. The van der Waals surface area contributed by atoms with Gasteiger partial charge in [0.1, 0.15) is 0 Å². The van der Waals surface area contributed by atoms with Crippen molar-refractivity contribution in [1.82, 2.24) is 30.8 Å². The second-order valence-corrected chi connectivity index (χ2v) is 2.06. The Hall–Kier alpha value is -2.73. The quantitative estimate of drug-likeness (QED) is 0.140. The first-order chi connectivity index (χ1) is 7.20. The summed E-state index contributed by atoms with van der Waals surface area (Å²) in [6, 6.07) is 0. The molecule has 0 amide bonds. The average molecular weight is 372 g/mol. The van der Waals surface area contributed by atoms with E-state index in [9.17, 15) is 0 Å². The molecule has 21 nitrogen and oxygen atoms in total. The van der Waals surface area contributed by atoms with Crippen LogP contribution >= 0.6 is 0 Å². The lowest BCUT2D eigenvalue weighted by Crippen LogP contribution is -1.89. The Balaban J connectivity index is -0.0000000137. The van der Waals surface area contributed by atoms with Gasteiger partial charge in [-0.15, -0.1) is 30.3 Å². The van der Waals surface area contributed by atoms with Crippen molar-refractivity contribution in [1.29, 1.82) is 0 Å². The van der Waals surface area contributed by atoms with Gasteiger partial charge in [-0.2, -0.15) is 8.42 Å². The normalized spacial score (nSPS) is 5.91. The van der Waals surface area contributed by atoms with Crippen molar-refractivity contribution in [2.75, 3.05) is 0 Å². The average Bonchev–Trinajstić information content (AvgIpc) is 1.73. The van der Waals surface area contributed by atoms with Crippen molar-refractivity contribution in [3.8, 4) is 0 Å². The Bertz CT molecular complexity index is 272. The van der Waals surface area contributed by atoms with Crippen LogP contribution in [0.15, 0.2) is 0 Å². The van der Waals surface area contributed by atoms with E-state index in [1.54, 1.807) is 0 Å². The van der Waals surface area contributed by atoms with Gasteiger partial charge in [-0.05, 0) is 0 Å². The van der Waals surface area contributed by atoms with E-state index in [1.165, 1.54) is 0 Å². The van der Waals surface area contributed by atoms with Crippen LogP contribution in [0.4, 0.5) is 0 Å². The van der Waals surface area contributed by atoms with E-state index >= 15 is 0 Å². The van der Waals surface area contributed by atoms with Crippen LogP contribution in [-0.4, -0.2) is 48.4 Å². The predicted octanol–water partition coefficient (Wildman–Crippen LogP) is -0.886. The molecule has 0 aliphatic heterocycles. The number of nitrogens with zero attached hydrogens (tertiary/aromatic N) is 3. The third kappa shape index (κ3) is 613. The molecule has 0 saturated heterocycles. The van der Waals surface area contributed by atoms with E-state index in [2.05, 4.69) is 0 Å². The van der Waals surface area contributed by atoms with Gasteiger partial charge in [0.2, 0.25) is 0 Å². The highest BCUT2D eigenvalue weighted by Gasteiger charge is 1.84. The van der Waals surface area contributed by atoms with Gasteiger partial charge in [0.15, 0.2) is 0 Å². The molecule has 0 radical (unpaired) electrons. The van der Waals surface area contributed by atoms with Crippen LogP contribution in [-0.2, 0) is 10.4 Å². The molecule has 0 unspecified atom stereocenters. The van der Waals surface area contributed by atoms with Crippen molar-refractivity contribution < 1.29 is 48.4 Å².